The van der Waals surface area contributed by atoms with E-state index < -0.39 is 22.2 Å². The third-order valence-corrected chi connectivity index (χ3v) is 7.07. The van der Waals surface area contributed by atoms with Crippen molar-refractivity contribution in [3.8, 4) is 17.1 Å². The van der Waals surface area contributed by atoms with Crippen molar-refractivity contribution < 1.29 is 22.6 Å². The van der Waals surface area contributed by atoms with Crippen LogP contribution < -0.4 is 9.46 Å². The van der Waals surface area contributed by atoms with Crippen molar-refractivity contribution in [2.45, 2.75) is 30.0 Å². The molecule has 168 valence electrons. The van der Waals surface area contributed by atoms with E-state index in [9.17, 15) is 8.42 Å². The maximum atomic E-state index is 12.7. The Bertz CT molecular complexity index is 1190. The second-order valence-corrected chi connectivity index (χ2v) is 9.57. The van der Waals surface area contributed by atoms with Gasteiger partial charge in [-0.1, -0.05) is 42.5 Å². The fourth-order valence-corrected chi connectivity index (χ4v) is 5.60. The predicted octanol–water partition coefficient (Wildman–Crippen LogP) is 1.18. The summed E-state index contributed by atoms with van der Waals surface area (Å²) in [5, 5.41) is 12.2. The van der Waals surface area contributed by atoms with Crippen molar-refractivity contribution in [3.63, 3.8) is 0 Å². The van der Waals surface area contributed by atoms with Crippen LogP contribution in [0.5, 0.6) is 5.75 Å². The lowest BCUT2D eigenvalue weighted by Gasteiger charge is -2.18. The van der Waals surface area contributed by atoms with Crippen LogP contribution in [0.25, 0.3) is 11.4 Å². The lowest BCUT2D eigenvalue weighted by molar-refractivity contribution is 0.0626. The standard InChI is InChI=1S/C21H23N5O5S/c1-29-16-9-5-8-15(10-16)21-22-24-25-26(21)18-12-31-19-17(11-30-20(18)19)23-32(27,28)13-14-6-3-2-4-7-14/h2-10,17-20,23H,11-13H2,1H3/t17-,18+,19-,20+/m0/s1. The molecule has 0 spiro atoms. The van der Waals surface area contributed by atoms with Crippen LogP contribution in [0.4, 0.5) is 0 Å². The molecule has 0 bridgehead atoms. The van der Waals surface area contributed by atoms with Gasteiger partial charge in [-0.3, -0.25) is 0 Å². The Morgan fingerprint density at radius 2 is 1.91 bits per heavy atom. The molecule has 1 N–H and O–H groups in total. The molecular formula is C21H23N5O5S. The van der Waals surface area contributed by atoms with Gasteiger partial charge in [0.15, 0.2) is 5.82 Å². The number of nitrogens with one attached hydrogen (secondary N) is 1. The molecule has 2 aliphatic rings. The van der Waals surface area contributed by atoms with Gasteiger partial charge in [0, 0.05) is 5.56 Å². The van der Waals surface area contributed by atoms with Crippen LogP contribution in [0.3, 0.4) is 0 Å². The molecule has 10 nitrogen and oxygen atoms in total. The number of nitrogens with zero attached hydrogens (tertiary/aromatic N) is 4. The summed E-state index contributed by atoms with van der Waals surface area (Å²) < 4.78 is 47.0. The van der Waals surface area contributed by atoms with Crippen LogP contribution in [0, 0.1) is 0 Å². The molecule has 0 aliphatic carbocycles. The van der Waals surface area contributed by atoms with Crippen LogP contribution in [0.15, 0.2) is 54.6 Å². The molecule has 0 saturated carbocycles. The lowest BCUT2D eigenvalue weighted by atomic mass is 10.1. The van der Waals surface area contributed by atoms with Gasteiger partial charge < -0.3 is 14.2 Å². The van der Waals surface area contributed by atoms with Crippen LogP contribution in [-0.4, -0.2) is 67.2 Å². The van der Waals surface area contributed by atoms with Crippen LogP contribution in [0.1, 0.15) is 11.6 Å². The normalized spacial score (nSPS) is 25.0. The monoisotopic (exact) mass is 457 g/mol. The van der Waals surface area contributed by atoms with Gasteiger partial charge in [0.2, 0.25) is 10.0 Å². The van der Waals surface area contributed by atoms with Gasteiger partial charge in [-0.05, 0) is 28.1 Å². The third kappa shape index (κ3) is 4.11. The Morgan fingerprint density at radius 1 is 1.09 bits per heavy atom. The summed E-state index contributed by atoms with van der Waals surface area (Å²) in [6, 6.07) is 15.8. The molecule has 5 rings (SSSR count). The number of hydrogen-bond acceptors (Lipinski definition) is 8. The van der Waals surface area contributed by atoms with Crippen molar-refractivity contribution in [2.24, 2.45) is 0 Å². The molecule has 3 heterocycles. The number of aromatic nitrogens is 4. The molecule has 11 heteroatoms. The van der Waals surface area contributed by atoms with E-state index in [-0.39, 0.29) is 24.5 Å². The summed E-state index contributed by atoms with van der Waals surface area (Å²) in [5.41, 5.74) is 1.52. The maximum Gasteiger partial charge on any atom is 0.216 e. The van der Waals surface area contributed by atoms with Gasteiger partial charge in [-0.25, -0.2) is 17.8 Å². The van der Waals surface area contributed by atoms with Gasteiger partial charge >= 0.3 is 0 Å². The van der Waals surface area contributed by atoms with E-state index >= 15 is 0 Å². The predicted molar refractivity (Wildman–Crippen MR) is 114 cm³/mol. The number of fused-ring (bicyclic) bond motifs is 1. The SMILES string of the molecule is COc1cccc(-c2nnnn2[C@@H]2CO[C@@H]3[C@@H]2OC[C@@H]3NS(=O)(=O)Cc2ccccc2)c1. The lowest BCUT2D eigenvalue weighted by Crippen LogP contribution is -2.44. The van der Waals surface area contributed by atoms with E-state index in [4.69, 9.17) is 14.2 Å². The Kier molecular flexibility index (Phi) is 5.64. The minimum absolute atomic E-state index is 0.0991. The highest BCUT2D eigenvalue weighted by atomic mass is 32.2. The van der Waals surface area contributed by atoms with Crippen LogP contribution in [0.2, 0.25) is 0 Å². The Labute approximate surface area is 185 Å². The topological polar surface area (TPSA) is 117 Å². The fraction of sp³-hybridized carbons (Fsp3) is 0.381. The molecule has 2 saturated heterocycles. The smallest absolute Gasteiger partial charge is 0.216 e. The number of tetrazole rings is 1. The van der Waals surface area contributed by atoms with Crippen molar-refractivity contribution in [3.05, 3.63) is 60.2 Å². The van der Waals surface area contributed by atoms with Crippen molar-refractivity contribution in [1.29, 1.82) is 0 Å². The first-order valence-electron chi connectivity index (χ1n) is 10.2. The minimum Gasteiger partial charge on any atom is -0.497 e. The zero-order valence-corrected chi connectivity index (χ0v) is 18.2. The summed E-state index contributed by atoms with van der Waals surface area (Å²) in [7, 11) is -1.96. The molecule has 4 atom stereocenters. The maximum absolute atomic E-state index is 12.7. The molecule has 2 aromatic carbocycles. The Balaban J connectivity index is 1.32. The fourth-order valence-electron chi connectivity index (χ4n) is 4.22. The van der Waals surface area contributed by atoms with Crippen molar-refractivity contribution in [2.75, 3.05) is 20.3 Å². The van der Waals surface area contributed by atoms with E-state index in [1.807, 2.05) is 42.5 Å². The van der Waals surface area contributed by atoms with E-state index in [0.29, 0.717) is 18.2 Å². The molecule has 0 radical (unpaired) electrons. The number of rotatable bonds is 7. The van der Waals surface area contributed by atoms with Crippen LogP contribution >= 0.6 is 0 Å². The molecule has 32 heavy (non-hydrogen) atoms. The van der Waals surface area contributed by atoms with Crippen molar-refractivity contribution >= 4 is 10.0 Å². The van der Waals surface area contributed by atoms with Crippen molar-refractivity contribution in [1.82, 2.24) is 24.9 Å². The number of benzene rings is 2. The van der Waals surface area contributed by atoms with Gasteiger partial charge in [0.25, 0.3) is 0 Å². The first kappa shape index (κ1) is 21.0. The van der Waals surface area contributed by atoms with Crippen LogP contribution in [-0.2, 0) is 25.2 Å². The summed E-state index contributed by atoms with van der Waals surface area (Å²) >= 11 is 0. The molecule has 0 amide bonds. The van der Waals surface area contributed by atoms with E-state index in [2.05, 4.69) is 20.2 Å². The zero-order valence-electron chi connectivity index (χ0n) is 17.4. The molecule has 2 fully saturated rings. The summed E-state index contributed by atoms with van der Waals surface area (Å²) in [6.07, 6.45) is -0.791. The van der Waals surface area contributed by atoms with Gasteiger partial charge in [-0.15, -0.1) is 5.10 Å². The molecular weight excluding hydrogens is 434 g/mol. The van der Waals surface area contributed by atoms with Gasteiger partial charge in [0.05, 0.1) is 32.1 Å². The second-order valence-electron chi connectivity index (χ2n) is 7.81. The second kappa shape index (κ2) is 8.58. The number of hydrogen-bond donors (Lipinski definition) is 1. The molecule has 0 unspecified atom stereocenters. The number of sulfonamides is 1. The summed E-state index contributed by atoms with van der Waals surface area (Å²) in [4.78, 5) is 0. The molecule has 3 aromatic rings. The first-order valence-corrected chi connectivity index (χ1v) is 11.9. The van der Waals surface area contributed by atoms with E-state index in [0.717, 1.165) is 11.1 Å². The third-order valence-electron chi connectivity index (χ3n) is 5.69. The Hall–Kier alpha value is -2.86. The number of methoxy groups -OCH3 is 1. The zero-order chi connectivity index (χ0) is 22.1. The quantitative estimate of drug-likeness (QED) is 0.562. The Morgan fingerprint density at radius 3 is 2.72 bits per heavy atom. The average molecular weight is 458 g/mol. The van der Waals surface area contributed by atoms with E-state index in [1.54, 1.807) is 23.9 Å². The molecule has 1 aromatic heterocycles. The summed E-state index contributed by atoms with van der Waals surface area (Å²) in [6.45, 7) is 0.532. The van der Waals surface area contributed by atoms with Gasteiger partial charge in [-0.2, -0.15) is 0 Å². The highest BCUT2D eigenvalue weighted by Gasteiger charge is 2.50. The first-order chi connectivity index (χ1) is 15.5. The highest BCUT2D eigenvalue weighted by molar-refractivity contribution is 7.88. The number of ether oxygens (including phenoxy) is 3. The van der Waals surface area contributed by atoms with E-state index in [1.165, 1.54) is 0 Å². The summed E-state index contributed by atoms with van der Waals surface area (Å²) in [5.74, 6) is 1.16. The minimum atomic E-state index is -3.56. The average Bonchev–Trinajstić information content (AvgIpc) is 3.51. The molecule has 2 aliphatic heterocycles. The van der Waals surface area contributed by atoms with Gasteiger partial charge in [0.1, 0.15) is 24.0 Å². The largest absolute Gasteiger partial charge is 0.497 e. The highest BCUT2D eigenvalue weighted by Crippen LogP contribution is 2.36.